The predicted octanol–water partition coefficient (Wildman–Crippen LogP) is 3.01. The molecule has 1 aromatic carbocycles. The number of aliphatic hydroxyl groups excluding tert-OH is 1. The first-order chi connectivity index (χ1) is 14.8. The summed E-state index contributed by atoms with van der Waals surface area (Å²) < 4.78 is 18.3. The van der Waals surface area contributed by atoms with Gasteiger partial charge in [0.05, 0.1) is 35.3 Å². The topological polar surface area (TPSA) is 115 Å². The number of carbonyl (C=O) groups excluding carboxylic acids is 2. The van der Waals surface area contributed by atoms with E-state index in [1.54, 1.807) is 31.6 Å². The lowest BCUT2D eigenvalue weighted by Gasteiger charge is -2.11. The van der Waals surface area contributed by atoms with Gasteiger partial charge in [0.25, 0.3) is 5.91 Å². The van der Waals surface area contributed by atoms with Gasteiger partial charge in [-0.1, -0.05) is 0 Å². The molecule has 4 rings (SSSR count). The maximum atomic E-state index is 15.3. The van der Waals surface area contributed by atoms with Gasteiger partial charge in [-0.15, -0.1) is 0 Å². The number of aryl methyl sites for hydroxylation is 1. The molecule has 0 unspecified atom stereocenters. The molecule has 0 fully saturated rings. The van der Waals surface area contributed by atoms with Crippen LogP contribution in [0.1, 0.15) is 33.3 Å². The van der Waals surface area contributed by atoms with E-state index in [1.807, 2.05) is 0 Å². The van der Waals surface area contributed by atoms with Crippen molar-refractivity contribution in [2.24, 2.45) is 7.05 Å². The zero-order valence-electron chi connectivity index (χ0n) is 16.9. The second-order valence-electron chi connectivity index (χ2n) is 7.24. The van der Waals surface area contributed by atoms with Gasteiger partial charge in [-0.2, -0.15) is 5.10 Å². The van der Waals surface area contributed by atoms with E-state index < -0.39 is 11.7 Å². The number of nitrogens with zero attached hydrogens (tertiary/aromatic N) is 3. The number of aliphatic hydroxyl groups is 1. The molecule has 0 spiro atoms. The van der Waals surface area contributed by atoms with Crippen LogP contribution in [0.3, 0.4) is 0 Å². The number of fused-ring (bicyclic) bond motifs is 1. The molecule has 3 heterocycles. The van der Waals surface area contributed by atoms with Gasteiger partial charge >= 0.3 is 0 Å². The molecule has 0 aliphatic rings. The van der Waals surface area contributed by atoms with E-state index >= 15 is 4.39 Å². The third-order valence-electron chi connectivity index (χ3n) is 4.97. The van der Waals surface area contributed by atoms with Crippen LogP contribution in [0.15, 0.2) is 48.9 Å². The summed E-state index contributed by atoms with van der Waals surface area (Å²) in [6.45, 7) is 1.05. The molecule has 9 heteroatoms. The molecule has 0 aliphatic heterocycles. The Hall–Kier alpha value is -3.98. The third kappa shape index (κ3) is 3.66. The van der Waals surface area contributed by atoms with Gasteiger partial charge < -0.3 is 20.6 Å². The Morgan fingerprint density at radius 3 is 2.65 bits per heavy atom. The Labute approximate surface area is 176 Å². The fourth-order valence-corrected chi connectivity index (χ4v) is 3.50. The fraction of sp³-hybridized carbons (Fsp3) is 0.136. The second-order valence-corrected chi connectivity index (χ2v) is 7.24. The van der Waals surface area contributed by atoms with Crippen LogP contribution in [0, 0.1) is 5.82 Å². The lowest BCUT2D eigenvalue weighted by molar-refractivity contribution is 0.101. The molecule has 4 aromatic rings. The summed E-state index contributed by atoms with van der Waals surface area (Å²) in [6.07, 6.45) is 4.68. The predicted molar refractivity (Wildman–Crippen MR) is 114 cm³/mol. The van der Waals surface area contributed by atoms with Crippen LogP contribution >= 0.6 is 0 Å². The monoisotopic (exact) mass is 421 g/mol. The van der Waals surface area contributed by atoms with Crippen molar-refractivity contribution < 1.29 is 19.1 Å². The number of hydrogen-bond acceptors (Lipinski definition) is 5. The third-order valence-corrected chi connectivity index (χ3v) is 4.97. The number of anilines is 2. The second kappa shape index (κ2) is 7.69. The van der Waals surface area contributed by atoms with Crippen LogP contribution < -0.4 is 11.1 Å². The number of Topliss-reactive ketones (excluding diaryl/α,β-unsaturated/α-hetero) is 1. The SMILES string of the molecule is CC(=O)c1cc(C(=O)Nc2cc(CO)cc(-c3cnn(C)c3)c2F)c2ccc(N)cn12. The van der Waals surface area contributed by atoms with E-state index in [4.69, 9.17) is 5.73 Å². The molecule has 3 aromatic heterocycles. The van der Waals surface area contributed by atoms with Crippen molar-refractivity contribution >= 4 is 28.6 Å². The molecule has 0 bridgehead atoms. The lowest BCUT2D eigenvalue weighted by Crippen LogP contribution is -2.13. The van der Waals surface area contributed by atoms with Crippen LogP contribution in [0.4, 0.5) is 15.8 Å². The Morgan fingerprint density at radius 1 is 1.23 bits per heavy atom. The zero-order chi connectivity index (χ0) is 22.3. The van der Waals surface area contributed by atoms with Gasteiger partial charge in [0.15, 0.2) is 11.6 Å². The van der Waals surface area contributed by atoms with Crippen molar-refractivity contribution in [2.45, 2.75) is 13.5 Å². The minimum absolute atomic E-state index is 0.0884. The summed E-state index contributed by atoms with van der Waals surface area (Å²) in [7, 11) is 1.71. The molecule has 0 saturated carbocycles. The molecule has 0 saturated heterocycles. The molecule has 0 aliphatic carbocycles. The van der Waals surface area contributed by atoms with E-state index in [1.165, 1.54) is 40.4 Å². The summed E-state index contributed by atoms with van der Waals surface area (Å²) in [5.74, 6) is -1.49. The van der Waals surface area contributed by atoms with E-state index in [0.717, 1.165) is 0 Å². The van der Waals surface area contributed by atoms with Gasteiger partial charge in [0.2, 0.25) is 0 Å². The number of ketones is 1. The molecular formula is C22H20FN5O3. The van der Waals surface area contributed by atoms with Crippen molar-refractivity contribution in [2.75, 3.05) is 11.1 Å². The summed E-state index contributed by atoms with van der Waals surface area (Å²) in [5.41, 5.74) is 8.24. The van der Waals surface area contributed by atoms with Crippen molar-refractivity contribution in [1.82, 2.24) is 14.2 Å². The van der Waals surface area contributed by atoms with Gasteiger partial charge in [-0.05, 0) is 35.9 Å². The van der Waals surface area contributed by atoms with E-state index in [-0.39, 0.29) is 34.9 Å². The first-order valence-electron chi connectivity index (χ1n) is 9.43. The number of amides is 1. The van der Waals surface area contributed by atoms with Crippen LogP contribution in [0.2, 0.25) is 0 Å². The number of halogens is 1. The number of carbonyl (C=O) groups is 2. The van der Waals surface area contributed by atoms with Gasteiger partial charge in [-0.3, -0.25) is 14.3 Å². The highest BCUT2D eigenvalue weighted by molar-refractivity contribution is 6.11. The molecule has 0 atom stereocenters. The summed E-state index contributed by atoms with van der Waals surface area (Å²) in [6, 6.07) is 7.56. The molecule has 158 valence electrons. The quantitative estimate of drug-likeness (QED) is 0.429. The van der Waals surface area contributed by atoms with Crippen molar-refractivity contribution in [3.63, 3.8) is 0 Å². The normalized spacial score (nSPS) is 11.1. The minimum atomic E-state index is -0.655. The van der Waals surface area contributed by atoms with Gasteiger partial charge in [-0.25, -0.2) is 4.39 Å². The average molecular weight is 421 g/mol. The Balaban J connectivity index is 1.78. The average Bonchev–Trinajstić information content (AvgIpc) is 3.33. The van der Waals surface area contributed by atoms with Crippen LogP contribution in [0.25, 0.3) is 16.6 Å². The van der Waals surface area contributed by atoms with Crippen molar-refractivity contribution in [3.05, 3.63) is 71.6 Å². The largest absolute Gasteiger partial charge is 0.398 e. The summed E-state index contributed by atoms with van der Waals surface area (Å²) in [5, 5.41) is 16.2. The van der Waals surface area contributed by atoms with Crippen LogP contribution in [0.5, 0.6) is 0 Å². The Morgan fingerprint density at radius 2 is 2.00 bits per heavy atom. The number of benzene rings is 1. The molecule has 0 radical (unpaired) electrons. The fourth-order valence-electron chi connectivity index (χ4n) is 3.50. The molecule has 1 amide bonds. The molecule has 31 heavy (non-hydrogen) atoms. The Kier molecular flexibility index (Phi) is 5.04. The number of rotatable bonds is 5. The minimum Gasteiger partial charge on any atom is -0.398 e. The smallest absolute Gasteiger partial charge is 0.257 e. The summed E-state index contributed by atoms with van der Waals surface area (Å²) in [4.78, 5) is 25.1. The number of hydrogen-bond donors (Lipinski definition) is 3. The number of pyridine rings is 1. The summed E-state index contributed by atoms with van der Waals surface area (Å²) >= 11 is 0. The Bertz CT molecular complexity index is 1340. The molecular weight excluding hydrogens is 401 g/mol. The first-order valence-corrected chi connectivity index (χ1v) is 9.43. The number of aromatic nitrogens is 3. The highest BCUT2D eigenvalue weighted by Gasteiger charge is 2.21. The maximum absolute atomic E-state index is 15.3. The first kappa shape index (κ1) is 20.3. The number of nitrogen functional groups attached to an aromatic ring is 1. The van der Waals surface area contributed by atoms with Crippen LogP contribution in [-0.4, -0.2) is 31.0 Å². The maximum Gasteiger partial charge on any atom is 0.257 e. The molecule has 8 nitrogen and oxygen atoms in total. The lowest BCUT2D eigenvalue weighted by atomic mass is 10.0. The van der Waals surface area contributed by atoms with E-state index in [9.17, 15) is 14.7 Å². The highest BCUT2D eigenvalue weighted by Crippen LogP contribution is 2.30. The zero-order valence-corrected chi connectivity index (χ0v) is 16.9. The van der Waals surface area contributed by atoms with E-state index in [2.05, 4.69) is 10.4 Å². The van der Waals surface area contributed by atoms with Crippen molar-refractivity contribution in [3.8, 4) is 11.1 Å². The highest BCUT2D eigenvalue weighted by atomic mass is 19.1. The number of nitrogens with two attached hydrogens (primary N) is 1. The van der Waals surface area contributed by atoms with Crippen LogP contribution in [-0.2, 0) is 13.7 Å². The standard InChI is InChI=1S/C22H20FN5O3/c1-12(30)20-7-17(19-4-3-15(24)10-28(19)20)22(31)26-18-6-13(11-29)5-16(21(18)23)14-8-25-27(2)9-14/h3-10,29H,11,24H2,1-2H3,(H,26,31). The van der Waals surface area contributed by atoms with Gasteiger partial charge in [0.1, 0.15) is 0 Å². The number of nitrogens with one attached hydrogen (secondary N) is 1. The van der Waals surface area contributed by atoms with Crippen molar-refractivity contribution in [1.29, 1.82) is 0 Å². The van der Waals surface area contributed by atoms with E-state index in [0.29, 0.717) is 22.3 Å². The molecule has 4 N–H and O–H groups in total. The van der Waals surface area contributed by atoms with Gasteiger partial charge in [0, 0.05) is 43.2 Å².